The van der Waals surface area contributed by atoms with Gasteiger partial charge in [-0.3, -0.25) is 0 Å². The second-order valence-corrected chi connectivity index (χ2v) is 5.32. The van der Waals surface area contributed by atoms with Crippen LogP contribution in [0.2, 0.25) is 0 Å². The van der Waals surface area contributed by atoms with Gasteiger partial charge in [0, 0.05) is 31.0 Å². The molecule has 2 unspecified atom stereocenters. The van der Waals surface area contributed by atoms with Crippen LogP contribution in [0.15, 0.2) is 0 Å². The average molecular weight is 279 g/mol. The molecule has 4 heteroatoms. The predicted octanol–water partition coefficient (Wildman–Crippen LogP) is 1.33. The van der Waals surface area contributed by atoms with Crippen LogP contribution >= 0.6 is 15.9 Å². The van der Waals surface area contributed by atoms with Gasteiger partial charge < -0.3 is 15.0 Å². The van der Waals surface area contributed by atoms with Crippen LogP contribution in [0.3, 0.4) is 0 Å². The van der Waals surface area contributed by atoms with E-state index in [2.05, 4.69) is 47.0 Å². The number of alkyl halides is 1. The number of likely N-dealkylation sites (N-methyl/N-ethyl adjacent to an activating group) is 1. The van der Waals surface area contributed by atoms with Gasteiger partial charge in [-0.1, -0.05) is 29.8 Å². The number of nitrogens with one attached hydrogen (secondary N) is 1. The molecule has 1 saturated heterocycles. The molecule has 1 heterocycles. The Labute approximate surface area is 102 Å². The molecule has 0 aromatic rings. The fourth-order valence-corrected chi connectivity index (χ4v) is 2.72. The summed E-state index contributed by atoms with van der Waals surface area (Å²) < 4.78 is 5.70. The predicted molar refractivity (Wildman–Crippen MR) is 67.7 cm³/mol. The maximum Gasteiger partial charge on any atom is 0.0826 e. The molecular weight excluding hydrogens is 256 g/mol. The second kappa shape index (κ2) is 6.84. The summed E-state index contributed by atoms with van der Waals surface area (Å²) in [6.07, 6.45) is 0.351. The van der Waals surface area contributed by atoms with Crippen LogP contribution in [0.4, 0.5) is 0 Å². The van der Waals surface area contributed by atoms with Crippen LogP contribution in [0.5, 0.6) is 0 Å². The monoisotopic (exact) mass is 278 g/mol. The standard InChI is InChI=1S/C11H23BrN2O/c1-9(2)11(6-12)13-7-10-8-14(3)4-5-15-10/h9-11,13H,4-8H2,1-3H3. The molecule has 15 heavy (non-hydrogen) atoms. The van der Waals surface area contributed by atoms with E-state index in [1.54, 1.807) is 0 Å². The SMILES string of the molecule is CC(C)C(CBr)NCC1CN(C)CCO1. The van der Waals surface area contributed by atoms with Crippen molar-refractivity contribution in [1.29, 1.82) is 0 Å². The number of hydrogen-bond donors (Lipinski definition) is 1. The van der Waals surface area contributed by atoms with E-state index in [0.717, 1.165) is 31.6 Å². The zero-order valence-electron chi connectivity index (χ0n) is 10.0. The Morgan fingerprint density at radius 3 is 2.80 bits per heavy atom. The van der Waals surface area contributed by atoms with Gasteiger partial charge in [-0.2, -0.15) is 0 Å². The summed E-state index contributed by atoms with van der Waals surface area (Å²) in [5, 5.41) is 4.57. The molecule has 0 radical (unpaired) electrons. The molecule has 1 aliphatic heterocycles. The average Bonchev–Trinajstić information content (AvgIpc) is 2.18. The van der Waals surface area contributed by atoms with E-state index < -0.39 is 0 Å². The lowest BCUT2D eigenvalue weighted by atomic mass is 10.1. The molecule has 90 valence electrons. The topological polar surface area (TPSA) is 24.5 Å². The third kappa shape index (κ3) is 4.81. The van der Waals surface area contributed by atoms with E-state index in [4.69, 9.17) is 4.74 Å². The lowest BCUT2D eigenvalue weighted by molar-refractivity contribution is -0.0195. The maximum absolute atomic E-state index is 5.70. The van der Waals surface area contributed by atoms with E-state index >= 15 is 0 Å². The molecule has 1 aliphatic rings. The van der Waals surface area contributed by atoms with E-state index in [1.165, 1.54) is 0 Å². The Balaban J connectivity index is 2.23. The molecule has 1 fully saturated rings. The lowest BCUT2D eigenvalue weighted by Gasteiger charge is -2.31. The molecule has 2 atom stereocenters. The number of halogens is 1. The van der Waals surface area contributed by atoms with E-state index in [9.17, 15) is 0 Å². The van der Waals surface area contributed by atoms with Gasteiger partial charge in [0.2, 0.25) is 0 Å². The van der Waals surface area contributed by atoms with Crippen molar-refractivity contribution in [3.8, 4) is 0 Å². The number of rotatable bonds is 5. The Hall–Kier alpha value is 0.360. The van der Waals surface area contributed by atoms with Crippen LogP contribution in [-0.2, 0) is 4.74 Å². The van der Waals surface area contributed by atoms with Crippen LogP contribution in [0.25, 0.3) is 0 Å². The van der Waals surface area contributed by atoms with Crippen molar-refractivity contribution in [3.63, 3.8) is 0 Å². The highest BCUT2D eigenvalue weighted by Gasteiger charge is 2.19. The smallest absolute Gasteiger partial charge is 0.0826 e. The van der Waals surface area contributed by atoms with Crippen molar-refractivity contribution in [1.82, 2.24) is 10.2 Å². The minimum absolute atomic E-state index is 0.351. The summed E-state index contributed by atoms with van der Waals surface area (Å²) in [5.41, 5.74) is 0. The minimum Gasteiger partial charge on any atom is -0.374 e. The van der Waals surface area contributed by atoms with Crippen molar-refractivity contribution in [2.24, 2.45) is 5.92 Å². The first kappa shape index (κ1) is 13.4. The highest BCUT2D eigenvalue weighted by molar-refractivity contribution is 9.09. The van der Waals surface area contributed by atoms with Gasteiger partial charge in [-0.25, -0.2) is 0 Å². The maximum atomic E-state index is 5.70. The summed E-state index contributed by atoms with van der Waals surface area (Å²) in [6.45, 7) is 8.41. The molecule has 1 rings (SSSR count). The van der Waals surface area contributed by atoms with Gasteiger partial charge in [-0.15, -0.1) is 0 Å². The molecule has 0 spiro atoms. The Morgan fingerprint density at radius 2 is 2.27 bits per heavy atom. The molecular formula is C11H23BrN2O. The van der Waals surface area contributed by atoms with Crippen LogP contribution < -0.4 is 5.32 Å². The lowest BCUT2D eigenvalue weighted by Crippen LogP contribution is -2.48. The van der Waals surface area contributed by atoms with Crippen LogP contribution in [0, 0.1) is 5.92 Å². The van der Waals surface area contributed by atoms with Gasteiger partial charge in [0.15, 0.2) is 0 Å². The normalized spacial score (nSPS) is 25.8. The van der Waals surface area contributed by atoms with Crippen molar-refractivity contribution in [3.05, 3.63) is 0 Å². The summed E-state index contributed by atoms with van der Waals surface area (Å²) in [4.78, 5) is 2.33. The zero-order valence-corrected chi connectivity index (χ0v) is 11.6. The first-order valence-electron chi connectivity index (χ1n) is 5.73. The molecule has 0 saturated carbocycles. The fourth-order valence-electron chi connectivity index (χ4n) is 1.74. The fraction of sp³-hybridized carbons (Fsp3) is 1.00. The van der Waals surface area contributed by atoms with E-state index in [-0.39, 0.29) is 0 Å². The zero-order chi connectivity index (χ0) is 11.3. The van der Waals surface area contributed by atoms with E-state index in [1.807, 2.05) is 0 Å². The summed E-state index contributed by atoms with van der Waals surface area (Å²) in [7, 11) is 2.15. The Morgan fingerprint density at radius 1 is 1.53 bits per heavy atom. The van der Waals surface area contributed by atoms with Gasteiger partial charge in [0.1, 0.15) is 0 Å². The summed E-state index contributed by atoms with van der Waals surface area (Å²) >= 11 is 3.54. The molecule has 3 nitrogen and oxygen atoms in total. The molecule has 0 amide bonds. The highest BCUT2D eigenvalue weighted by atomic mass is 79.9. The first-order chi connectivity index (χ1) is 7.13. The van der Waals surface area contributed by atoms with Gasteiger partial charge in [0.05, 0.1) is 12.7 Å². The molecule has 0 bridgehead atoms. The van der Waals surface area contributed by atoms with Crippen LogP contribution in [-0.4, -0.2) is 55.7 Å². The molecule has 0 aromatic carbocycles. The quantitative estimate of drug-likeness (QED) is 0.768. The number of morpholine rings is 1. The first-order valence-corrected chi connectivity index (χ1v) is 6.85. The largest absolute Gasteiger partial charge is 0.374 e. The third-order valence-electron chi connectivity index (χ3n) is 2.92. The molecule has 1 N–H and O–H groups in total. The summed E-state index contributed by atoms with van der Waals surface area (Å²) in [6, 6.07) is 0.542. The summed E-state index contributed by atoms with van der Waals surface area (Å²) in [5.74, 6) is 0.658. The number of ether oxygens (including phenoxy) is 1. The molecule has 0 aromatic heterocycles. The molecule has 0 aliphatic carbocycles. The van der Waals surface area contributed by atoms with Crippen molar-refractivity contribution in [2.45, 2.75) is 26.0 Å². The van der Waals surface area contributed by atoms with Crippen LogP contribution in [0.1, 0.15) is 13.8 Å². The number of nitrogens with zero attached hydrogens (tertiary/aromatic N) is 1. The van der Waals surface area contributed by atoms with Gasteiger partial charge in [0.25, 0.3) is 0 Å². The van der Waals surface area contributed by atoms with E-state index in [0.29, 0.717) is 18.1 Å². The van der Waals surface area contributed by atoms with Gasteiger partial charge >= 0.3 is 0 Å². The second-order valence-electron chi connectivity index (χ2n) is 4.67. The van der Waals surface area contributed by atoms with Crippen molar-refractivity contribution in [2.75, 3.05) is 38.6 Å². The Kier molecular flexibility index (Phi) is 6.12. The third-order valence-corrected chi connectivity index (χ3v) is 3.62. The minimum atomic E-state index is 0.351. The van der Waals surface area contributed by atoms with Crippen molar-refractivity contribution < 1.29 is 4.74 Å². The number of hydrogen-bond acceptors (Lipinski definition) is 3. The highest BCUT2D eigenvalue weighted by Crippen LogP contribution is 2.07. The van der Waals surface area contributed by atoms with Gasteiger partial charge in [-0.05, 0) is 13.0 Å². The Bertz CT molecular complexity index is 178. The van der Waals surface area contributed by atoms with Crippen molar-refractivity contribution >= 4 is 15.9 Å².